The Morgan fingerprint density at radius 1 is 1.41 bits per heavy atom. The minimum atomic E-state index is -4.38. The van der Waals surface area contributed by atoms with Gasteiger partial charge in [-0.05, 0) is 13.8 Å². The normalized spacial score (nSPS) is 36.4. The van der Waals surface area contributed by atoms with Crippen molar-refractivity contribution in [2.24, 2.45) is 0 Å². The lowest BCUT2D eigenvalue weighted by atomic mass is 9.97. The lowest BCUT2D eigenvalue weighted by molar-refractivity contribution is -0.208. The first kappa shape index (κ1) is 20.2. The van der Waals surface area contributed by atoms with Crippen LogP contribution in [0.3, 0.4) is 0 Å². The molecule has 3 heterocycles. The second kappa shape index (κ2) is 6.82. The van der Waals surface area contributed by atoms with Gasteiger partial charge in [-0.2, -0.15) is 4.39 Å². The van der Waals surface area contributed by atoms with Gasteiger partial charge in [0.25, 0.3) is 12.0 Å². The molecule has 2 saturated heterocycles. The van der Waals surface area contributed by atoms with E-state index in [-0.39, 0.29) is 4.57 Å². The molecule has 2 aliphatic heterocycles. The number of fused-ring (bicyclic) bond motifs is 1. The first-order chi connectivity index (χ1) is 12.5. The zero-order valence-corrected chi connectivity index (χ0v) is 14.8. The van der Waals surface area contributed by atoms with Crippen molar-refractivity contribution in [2.75, 3.05) is 6.61 Å². The quantitative estimate of drug-likeness (QED) is 0.583. The van der Waals surface area contributed by atoms with Gasteiger partial charge in [-0.1, -0.05) is 0 Å². The lowest BCUT2D eigenvalue weighted by Gasteiger charge is -2.39. The van der Waals surface area contributed by atoms with Gasteiger partial charge in [0.05, 0.1) is 18.9 Å². The molecule has 0 aromatic carbocycles. The molecule has 27 heavy (non-hydrogen) atoms. The third-order valence-electron chi connectivity index (χ3n) is 3.98. The molecule has 2 aliphatic rings. The Morgan fingerprint density at radius 2 is 2.07 bits per heavy atom. The number of nitrogens with zero attached hydrogens (tertiary/aromatic N) is 1. The van der Waals surface area contributed by atoms with E-state index in [4.69, 9.17) is 18.3 Å². The summed E-state index contributed by atoms with van der Waals surface area (Å²) < 4.78 is 88.0. The van der Waals surface area contributed by atoms with Crippen molar-refractivity contribution in [1.29, 1.82) is 0 Å². The summed E-state index contributed by atoms with van der Waals surface area (Å²) in [7, 11) is -4.38. The highest BCUT2D eigenvalue weighted by atomic mass is 31.2. The van der Waals surface area contributed by atoms with Crippen molar-refractivity contribution in [1.82, 2.24) is 9.55 Å². The summed E-state index contributed by atoms with van der Waals surface area (Å²) in [6.07, 6.45) is -10.4. The first-order valence-electron chi connectivity index (χ1n) is 7.71. The Morgan fingerprint density at radius 3 is 2.67 bits per heavy atom. The van der Waals surface area contributed by atoms with Crippen LogP contribution in [-0.4, -0.2) is 46.6 Å². The van der Waals surface area contributed by atoms with Gasteiger partial charge in [0, 0.05) is 0 Å². The van der Waals surface area contributed by atoms with Gasteiger partial charge < -0.3 is 4.74 Å². The summed E-state index contributed by atoms with van der Waals surface area (Å²) in [5.74, 6) is -1.46. The molecule has 5 atom stereocenters. The van der Waals surface area contributed by atoms with Crippen molar-refractivity contribution >= 4 is 7.82 Å². The molecule has 0 bridgehead atoms. The van der Waals surface area contributed by atoms with E-state index >= 15 is 0 Å². The third-order valence-corrected chi connectivity index (χ3v) is 5.59. The van der Waals surface area contributed by atoms with Crippen LogP contribution in [0, 0.1) is 5.82 Å². The smallest absolute Gasteiger partial charge is 0.337 e. The fraction of sp³-hybridized carbons (Fsp3) is 0.692. The molecule has 152 valence electrons. The number of alkyl halides is 3. The standard InChI is InChI=1S/C13H15F4N2O7P/c1-5(2)25-27(22)23-4-13(11(16)17)8(26-27)7(15)10(24-13)19-3-6(14)9(20)18-12(19)21/h3,5,7-8,10-11H,4H2,1-2H3,(H,18,20,21)/t7?,8-,10?,13+,27?/m0/s1. The number of hydrogen-bond acceptors (Lipinski definition) is 7. The molecule has 0 saturated carbocycles. The second-order valence-corrected chi connectivity index (χ2v) is 7.83. The molecule has 1 aromatic heterocycles. The summed E-state index contributed by atoms with van der Waals surface area (Å²) in [6, 6.07) is 0. The summed E-state index contributed by atoms with van der Waals surface area (Å²) in [5.41, 5.74) is -5.38. The number of hydrogen-bond donors (Lipinski definition) is 1. The van der Waals surface area contributed by atoms with E-state index in [9.17, 15) is 31.7 Å². The Labute approximate surface area is 148 Å². The van der Waals surface area contributed by atoms with E-state index in [1.807, 2.05) is 0 Å². The molecule has 1 aromatic rings. The van der Waals surface area contributed by atoms with E-state index in [0.29, 0.717) is 6.20 Å². The van der Waals surface area contributed by atoms with Crippen LogP contribution in [0.25, 0.3) is 0 Å². The van der Waals surface area contributed by atoms with E-state index < -0.39 is 68.1 Å². The number of aromatic nitrogens is 2. The number of halogens is 4. The maximum absolute atomic E-state index is 14.9. The van der Waals surface area contributed by atoms with Crippen LogP contribution in [0.2, 0.25) is 0 Å². The highest BCUT2D eigenvalue weighted by Crippen LogP contribution is 2.61. The van der Waals surface area contributed by atoms with E-state index in [2.05, 4.69) is 0 Å². The van der Waals surface area contributed by atoms with Gasteiger partial charge in [-0.15, -0.1) is 0 Å². The van der Waals surface area contributed by atoms with Crippen molar-refractivity contribution in [3.8, 4) is 0 Å². The largest absolute Gasteiger partial charge is 0.475 e. The SMILES string of the molecule is CC(C)OP1(=O)OC[C@@]2(C(F)F)OC(n3cc(F)c(=O)[nH]c3=O)C(F)[C@@H]2O1. The molecule has 0 spiro atoms. The predicted octanol–water partition coefficient (Wildman–Crippen LogP) is 1.49. The number of ether oxygens (including phenoxy) is 1. The molecule has 2 fully saturated rings. The maximum Gasteiger partial charge on any atom is 0.475 e. The van der Waals surface area contributed by atoms with E-state index in [0.717, 1.165) is 0 Å². The summed E-state index contributed by atoms with van der Waals surface area (Å²) in [6.45, 7) is 1.87. The first-order valence-corrected chi connectivity index (χ1v) is 9.17. The molecule has 1 N–H and O–H groups in total. The van der Waals surface area contributed by atoms with Gasteiger partial charge in [-0.3, -0.25) is 27.9 Å². The highest BCUT2D eigenvalue weighted by molar-refractivity contribution is 7.48. The van der Waals surface area contributed by atoms with Crippen LogP contribution in [0.5, 0.6) is 0 Å². The number of rotatable bonds is 4. The fourth-order valence-electron chi connectivity index (χ4n) is 2.80. The molecule has 14 heteroatoms. The average molecular weight is 418 g/mol. The van der Waals surface area contributed by atoms with Crippen LogP contribution >= 0.6 is 7.82 Å². The molecular formula is C13H15F4N2O7P. The van der Waals surface area contributed by atoms with Gasteiger partial charge in [0.2, 0.25) is 5.82 Å². The number of H-pyrrole nitrogens is 1. The summed E-state index contributed by atoms with van der Waals surface area (Å²) in [4.78, 5) is 24.5. The van der Waals surface area contributed by atoms with Crippen LogP contribution in [0.4, 0.5) is 17.6 Å². The Hall–Kier alpha value is -1.53. The average Bonchev–Trinajstić information content (AvgIpc) is 2.84. The Balaban J connectivity index is 2.01. The number of nitrogens with one attached hydrogen (secondary N) is 1. The summed E-state index contributed by atoms with van der Waals surface area (Å²) in [5, 5.41) is 0. The second-order valence-electron chi connectivity index (χ2n) is 6.25. The summed E-state index contributed by atoms with van der Waals surface area (Å²) >= 11 is 0. The van der Waals surface area contributed by atoms with Crippen molar-refractivity contribution in [3.05, 3.63) is 32.9 Å². The molecule has 0 aliphatic carbocycles. The van der Waals surface area contributed by atoms with Crippen LogP contribution in [-0.2, 0) is 22.9 Å². The van der Waals surface area contributed by atoms with Crippen LogP contribution in [0.1, 0.15) is 20.1 Å². The van der Waals surface area contributed by atoms with Gasteiger partial charge in [0.15, 0.2) is 18.0 Å². The van der Waals surface area contributed by atoms with Crippen molar-refractivity contribution in [2.45, 2.75) is 50.5 Å². The molecular weight excluding hydrogens is 403 g/mol. The number of phosphoric acid groups is 1. The zero-order valence-electron chi connectivity index (χ0n) is 13.9. The zero-order chi connectivity index (χ0) is 20.1. The van der Waals surface area contributed by atoms with E-state index in [1.165, 1.54) is 13.8 Å². The minimum Gasteiger partial charge on any atom is -0.337 e. The molecule has 3 unspecified atom stereocenters. The van der Waals surface area contributed by atoms with Crippen molar-refractivity contribution in [3.63, 3.8) is 0 Å². The number of aromatic amines is 1. The van der Waals surface area contributed by atoms with Crippen molar-refractivity contribution < 1.29 is 40.4 Å². The van der Waals surface area contributed by atoms with Gasteiger partial charge >= 0.3 is 13.5 Å². The monoisotopic (exact) mass is 418 g/mol. The molecule has 3 rings (SSSR count). The number of phosphoric ester groups is 1. The Kier molecular flexibility index (Phi) is 5.10. The molecule has 0 amide bonds. The maximum atomic E-state index is 14.9. The minimum absolute atomic E-state index is 0.265. The molecule has 0 radical (unpaired) electrons. The van der Waals surface area contributed by atoms with Gasteiger partial charge in [-0.25, -0.2) is 22.5 Å². The fourth-order valence-corrected chi connectivity index (χ4v) is 4.42. The lowest BCUT2D eigenvalue weighted by Crippen LogP contribution is -2.55. The molecule has 9 nitrogen and oxygen atoms in total. The highest BCUT2D eigenvalue weighted by Gasteiger charge is 2.68. The Bertz CT molecular complexity index is 890. The van der Waals surface area contributed by atoms with Crippen LogP contribution < -0.4 is 11.2 Å². The van der Waals surface area contributed by atoms with Crippen LogP contribution in [0.15, 0.2) is 15.8 Å². The van der Waals surface area contributed by atoms with Gasteiger partial charge in [0.1, 0.15) is 6.10 Å². The predicted molar refractivity (Wildman–Crippen MR) is 79.7 cm³/mol. The van der Waals surface area contributed by atoms with E-state index in [1.54, 1.807) is 4.98 Å². The third kappa shape index (κ3) is 3.38. The topological polar surface area (TPSA) is 109 Å².